The Morgan fingerprint density at radius 1 is 0.519 bits per heavy atom. The van der Waals surface area contributed by atoms with Crippen molar-refractivity contribution in [1.82, 2.24) is 29.7 Å². The minimum Gasteiger partial charge on any atom is -0.497 e. The highest BCUT2D eigenvalue weighted by Crippen LogP contribution is 2.37. The van der Waals surface area contributed by atoms with Crippen molar-refractivity contribution in [2.75, 3.05) is 27.3 Å². The Morgan fingerprint density at radius 2 is 0.923 bits per heavy atom. The molecule has 0 unspecified atom stereocenters. The molecule has 0 aliphatic rings. The van der Waals surface area contributed by atoms with Crippen molar-refractivity contribution in [2.24, 2.45) is 14.1 Å². The van der Waals surface area contributed by atoms with E-state index in [1.54, 1.807) is 14.2 Å². The van der Waals surface area contributed by atoms with E-state index in [4.69, 9.17) is 19.4 Å². The van der Waals surface area contributed by atoms with Gasteiger partial charge in [-0.2, -0.15) is 0 Å². The fraction of sp³-hybridized carbons (Fsp3) is 0.227. The molecule has 8 heteroatoms. The summed E-state index contributed by atoms with van der Waals surface area (Å²) < 4.78 is 15.4. The van der Waals surface area contributed by atoms with Gasteiger partial charge in [0.1, 0.15) is 11.5 Å². The van der Waals surface area contributed by atoms with Crippen LogP contribution >= 0.6 is 0 Å². The third kappa shape index (κ3) is 6.25. The van der Waals surface area contributed by atoms with E-state index in [1.807, 2.05) is 24.3 Å². The number of aromatic nitrogens is 4. The summed E-state index contributed by atoms with van der Waals surface area (Å²) in [5.74, 6) is 1.68. The third-order valence-electron chi connectivity index (χ3n) is 10.2. The highest BCUT2D eigenvalue weighted by molar-refractivity contribution is 6.13. The number of methoxy groups -OCH3 is 2. The normalized spacial score (nSPS) is 11.7. The fourth-order valence-corrected chi connectivity index (χ4v) is 7.52. The van der Waals surface area contributed by atoms with Crippen molar-refractivity contribution in [3.8, 4) is 34.0 Å². The zero-order valence-corrected chi connectivity index (χ0v) is 30.2. The maximum absolute atomic E-state index is 5.42. The molecule has 4 aromatic heterocycles. The number of rotatable bonds is 13. The quantitative estimate of drug-likeness (QED) is 0.118. The first-order chi connectivity index (χ1) is 25.5. The number of ether oxygens (including phenoxy) is 2. The predicted molar refractivity (Wildman–Crippen MR) is 213 cm³/mol. The molecule has 0 fully saturated rings. The van der Waals surface area contributed by atoms with Gasteiger partial charge in [-0.1, -0.05) is 36.4 Å². The van der Waals surface area contributed by atoms with Crippen LogP contribution in [0.2, 0.25) is 0 Å². The molecule has 4 heterocycles. The first kappa shape index (κ1) is 33.4. The monoisotopic (exact) mass is 688 g/mol. The first-order valence-corrected chi connectivity index (χ1v) is 18.0. The van der Waals surface area contributed by atoms with Gasteiger partial charge in [-0.25, -0.2) is 9.97 Å². The third-order valence-corrected chi connectivity index (χ3v) is 10.2. The number of fused-ring (bicyclic) bond motifs is 6. The van der Waals surface area contributed by atoms with Crippen LogP contribution in [0, 0.1) is 0 Å². The van der Waals surface area contributed by atoms with Gasteiger partial charge in [0.15, 0.2) is 0 Å². The number of hydrogen-bond donors (Lipinski definition) is 2. The maximum Gasteiger partial charge on any atom is 0.118 e. The lowest BCUT2D eigenvalue weighted by atomic mass is 10.1. The maximum atomic E-state index is 5.42. The number of hydrogen-bond acceptors (Lipinski definition) is 6. The molecule has 0 saturated carbocycles. The van der Waals surface area contributed by atoms with Crippen molar-refractivity contribution in [3.05, 3.63) is 121 Å². The molecule has 0 saturated heterocycles. The summed E-state index contributed by atoms with van der Waals surface area (Å²) in [6.45, 7) is 3.24. The van der Waals surface area contributed by atoms with E-state index in [-0.39, 0.29) is 0 Å². The van der Waals surface area contributed by atoms with Gasteiger partial charge in [0.05, 0.1) is 48.0 Å². The number of nitrogens with zero attached hydrogens (tertiary/aromatic N) is 4. The van der Waals surface area contributed by atoms with E-state index in [1.165, 1.54) is 32.6 Å². The largest absolute Gasteiger partial charge is 0.497 e. The first-order valence-electron chi connectivity index (χ1n) is 18.0. The summed E-state index contributed by atoms with van der Waals surface area (Å²) in [4.78, 5) is 10.4. The summed E-state index contributed by atoms with van der Waals surface area (Å²) in [5, 5.41) is 12.3. The average Bonchev–Trinajstić information content (AvgIpc) is 3.65. The lowest BCUT2D eigenvalue weighted by Crippen LogP contribution is -2.19. The summed E-state index contributed by atoms with van der Waals surface area (Å²) in [5.41, 5.74) is 10.9. The molecular weight excluding hydrogens is 645 g/mol. The van der Waals surface area contributed by atoms with E-state index in [0.29, 0.717) is 13.1 Å². The zero-order chi connectivity index (χ0) is 35.6. The Morgan fingerprint density at radius 3 is 1.33 bits per heavy atom. The SMILES string of the molecule is COc1ccc(-c2nc(CNCCCCNCc3cc4c5ccccc5n(C)c4c(-c4ccc(OC)cc4)n3)cc3c4ccccc4n(C)c23)cc1. The molecule has 8 rings (SSSR count). The second-order valence-corrected chi connectivity index (χ2v) is 13.4. The number of para-hydroxylation sites is 2. The minimum absolute atomic E-state index is 0.707. The van der Waals surface area contributed by atoms with Crippen LogP contribution in [0.3, 0.4) is 0 Å². The Labute approximate surface area is 304 Å². The number of aryl methyl sites for hydroxylation is 2. The minimum atomic E-state index is 0.707. The second-order valence-electron chi connectivity index (χ2n) is 13.4. The Balaban J connectivity index is 0.928. The van der Waals surface area contributed by atoms with Crippen LogP contribution < -0.4 is 20.1 Å². The molecule has 0 aliphatic heterocycles. The second kappa shape index (κ2) is 14.5. The van der Waals surface area contributed by atoms with E-state index in [0.717, 1.165) is 82.4 Å². The Bertz CT molecular complexity index is 2340. The molecule has 0 radical (unpaired) electrons. The molecule has 2 N–H and O–H groups in total. The molecule has 8 aromatic rings. The van der Waals surface area contributed by atoms with Crippen LogP contribution in [0.5, 0.6) is 11.5 Å². The Hall–Kier alpha value is -5.70. The van der Waals surface area contributed by atoms with Gasteiger partial charge in [0.25, 0.3) is 0 Å². The number of benzene rings is 4. The molecular formula is C44H44N6O2. The van der Waals surface area contributed by atoms with Crippen molar-refractivity contribution in [1.29, 1.82) is 0 Å². The van der Waals surface area contributed by atoms with Crippen molar-refractivity contribution in [3.63, 3.8) is 0 Å². The standard InChI is InChI=1S/C44H44N6O2/c1-49-39-13-7-5-11-35(39)37-25-31(47-41(43(37)49)29-15-19-33(51-3)20-16-29)27-45-23-9-10-24-46-28-32-26-38-36-12-6-8-14-40(36)50(2)44(38)42(48-32)30-17-21-34(52-4)22-18-30/h5-8,11-22,25-26,45-46H,9-10,23-24,27-28H2,1-4H3. The summed E-state index contributed by atoms with van der Waals surface area (Å²) in [6.07, 6.45) is 2.11. The van der Waals surface area contributed by atoms with Gasteiger partial charge in [-0.05, 0) is 98.7 Å². The van der Waals surface area contributed by atoms with Gasteiger partial charge < -0.3 is 29.2 Å². The summed E-state index contributed by atoms with van der Waals surface area (Å²) in [7, 11) is 7.65. The van der Waals surface area contributed by atoms with E-state index in [2.05, 4.69) is 119 Å². The Kier molecular flexibility index (Phi) is 9.33. The summed E-state index contributed by atoms with van der Waals surface area (Å²) >= 11 is 0. The lowest BCUT2D eigenvalue weighted by Gasteiger charge is -2.12. The van der Waals surface area contributed by atoms with Crippen molar-refractivity contribution >= 4 is 43.6 Å². The molecule has 0 atom stereocenters. The fourth-order valence-electron chi connectivity index (χ4n) is 7.52. The average molecular weight is 689 g/mol. The zero-order valence-electron chi connectivity index (χ0n) is 30.2. The van der Waals surface area contributed by atoms with Crippen molar-refractivity contribution in [2.45, 2.75) is 25.9 Å². The molecule has 0 amide bonds. The van der Waals surface area contributed by atoms with E-state index >= 15 is 0 Å². The van der Waals surface area contributed by atoms with Crippen LogP contribution in [-0.4, -0.2) is 46.4 Å². The van der Waals surface area contributed by atoms with Gasteiger partial charge in [0, 0.05) is 70.9 Å². The van der Waals surface area contributed by atoms with Crippen LogP contribution in [0.1, 0.15) is 24.2 Å². The van der Waals surface area contributed by atoms with Gasteiger partial charge in [-0.3, -0.25) is 0 Å². The molecule has 0 bridgehead atoms. The lowest BCUT2D eigenvalue weighted by molar-refractivity contribution is 0.415. The topological polar surface area (TPSA) is 78.2 Å². The van der Waals surface area contributed by atoms with Gasteiger partial charge in [-0.15, -0.1) is 0 Å². The van der Waals surface area contributed by atoms with Crippen LogP contribution in [0.4, 0.5) is 0 Å². The van der Waals surface area contributed by atoms with E-state index < -0.39 is 0 Å². The number of pyridine rings is 2. The molecule has 8 nitrogen and oxygen atoms in total. The molecule has 0 spiro atoms. The van der Waals surface area contributed by atoms with Crippen LogP contribution in [0.25, 0.3) is 66.1 Å². The highest BCUT2D eigenvalue weighted by Gasteiger charge is 2.18. The van der Waals surface area contributed by atoms with Crippen molar-refractivity contribution < 1.29 is 9.47 Å². The number of unbranched alkanes of at least 4 members (excludes halogenated alkanes) is 1. The number of nitrogens with one attached hydrogen (secondary N) is 2. The van der Waals surface area contributed by atoms with E-state index in [9.17, 15) is 0 Å². The molecule has 262 valence electrons. The molecule has 4 aromatic carbocycles. The van der Waals surface area contributed by atoms with Crippen LogP contribution in [-0.2, 0) is 27.2 Å². The van der Waals surface area contributed by atoms with Crippen LogP contribution in [0.15, 0.2) is 109 Å². The highest BCUT2D eigenvalue weighted by atomic mass is 16.5. The summed E-state index contributed by atoms with van der Waals surface area (Å²) in [6, 6.07) is 38.1. The van der Waals surface area contributed by atoms with Gasteiger partial charge >= 0.3 is 0 Å². The molecule has 0 aliphatic carbocycles. The predicted octanol–water partition coefficient (Wildman–Crippen LogP) is 8.78. The molecule has 52 heavy (non-hydrogen) atoms. The van der Waals surface area contributed by atoms with Gasteiger partial charge in [0.2, 0.25) is 0 Å². The smallest absolute Gasteiger partial charge is 0.118 e.